The predicted octanol–water partition coefficient (Wildman–Crippen LogP) is 2.65. The largest absolute Gasteiger partial charge is 0.485 e. The molecule has 2 saturated heterocycles. The Balaban J connectivity index is 1.42. The number of nitrogens with zero attached hydrogens (tertiary/aromatic N) is 4. The Labute approximate surface area is 159 Å². The number of nitrogens with one attached hydrogen (secondary N) is 1. The van der Waals surface area contributed by atoms with E-state index in [1.807, 2.05) is 23.2 Å². The van der Waals surface area contributed by atoms with Gasteiger partial charge in [-0.05, 0) is 31.4 Å². The lowest BCUT2D eigenvalue weighted by atomic mass is 10.1. The molecule has 4 rings (SSSR count). The lowest BCUT2D eigenvalue weighted by Gasteiger charge is -2.22. The summed E-state index contributed by atoms with van der Waals surface area (Å²) in [4.78, 5) is 21.6. The van der Waals surface area contributed by atoms with Gasteiger partial charge in [-0.25, -0.2) is 4.98 Å². The van der Waals surface area contributed by atoms with Gasteiger partial charge in [-0.3, -0.25) is 9.89 Å². The molecule has 7 nitrogen and oxygen atoms in total. The topological polar surface area (TPSA) is 74.3 Å². The van der Waals surface area contributed by atoms with E-state index in [-0.39, 0.29) is 12.0 Å². The number of aryl methyl sites for hydroxylation is 1. The number of carbonyl (C=O) groups is 1. The molecule has 2 fully saturated rings. The van der Waals surface area contributed by atoms with Crippen LogP contribution in [0.15, 0.2) is 24.5 Å². The van der Waals surface area contributed by atoms with Gasteiger partial charge in [0.1, 0.15) is 6.10 Å². The van der Waals surface area contributed by atoms with Crippen molar-refractivity contribution in [1.82, 2.24) is 20.1 Å². The smallest absolute Gasteiger partial charge is 0.257 e. The summed E-state index contributed by atoms with van der Waals surface area (Å²) in [5.41, 5.74) is 1.62. The zero-order valence-corrected chi connectivity index (χ0v) is 15.9. The number of hydrogen-bond acceptors (Lipinski definition) is 5. The first-order valence-corrected chi connectivity index (χ1v) is 9.94. The molecule has 0 aromatic carbocycles. The molecule has 144 valence electrons. The number of rotatable bonds is 6. The van der Waals surface area contributed by atoms with Crippen LogP contribution in [0, 0.1) is 0 Å². The number of amides is 1. The van der Waals surface area contributed by atoms with Crippen molar-refractivity contribution in [2.75, 3.05) is 31.1 Å². The Kier molecular flexibility index (Phi) is 5.27. The quantitative estimate of drug-likeness (QED) is 0.847. The van der Waals surface area contributed by atoms with Gasteiger partial charge in [0, 0.05) is 37.9 Å². The van der Waals surface area contributed by atoms with Gasteiger partial charge < -0.3 is 14.5 Å². The molecule has 0 bridgehead atoms. The predicted molar refractivity (Wildman–Crippen MR) is 103 cm³/mol. The zero-order chi connectivity index (χ0) is 18.6. The van der Waals surface area contributed by atoms with Crippen molar-refractivity contribution in [2.45, 2.75) is 45.1 Å². The fraction of sp³-hybridized carbons (Fsp3) is 0.550. The number of H-pyrrole nitrogens is 1. The Hall–Kier alpha value is -2.57. The number of likely N-dealkylation sites (tertiary alicyclic amines) is 1. The first-order valence-electron chi connectivity index (χ1n) is 9.94. The van der Waals surface area contributed by atoms with Crippen molar-refractivity contribution in [3.05, 3.63) is 35.8 Å². The summed E-state index contributed by atoms with van der Waals surface area (Å²) < 4.78 is 6.27. The molecule has 0 radical (unpaired) electrons. The van der Waals surface area contributed by atoms with Crippen molar-refractivity contribution in [3.8, 4) is 5.75 Å². The molecule has 2 aliphatic rings. The third-order valence-corrected chi connectivity index (χ3v) is 5.33. The summed E-state index contributed by atoms with van der Waals surface area (Å²) in [7, 11) is 0. The van der Waals surface area contributed by atoms with Crippen LogP contribution in [0.25, 0.3) is 0 Å². The SMILES string of the molecule is CCCc1[nH]ncc1C(=O)N1CCC(Oc2cccnc2N2CCCC2)C1. The van der Waals surface area contributed by atoms with Gasteiger partial charge >= 0.3 is 0 Å². The first kappa shape index (κ1) is 17.8. The highest BCUT2D eigenvalue weighted by Crippen LogP contribution is 2.30. The monoisotopic (exact) mass is 369 g/mol. The van der Waals surface area contributed by atoms with Gasteiger partial charge in [-0.1, -0.05) is 13.3 Å². The fourth-order valence-corrected chi connectivity index (χ4v) is 3.94. The maximum Gasteiger partial charge on any atom is 0.257 e. The number of anilines is 1. The summed E-state index contributed by atoms with van der Waals surface area (Å²) in [6.45, 7) is 5.47. The van der Waals surface area contributed by atoms with E-state index in [1.165, 1.54) is 12.8 Å². The molecule has 2 aliphatic heterocycles. The van der Waals surface area contributed by atoms with Crippen molar-refractivity contribution < 1.29 is 9.53 Å². The molecule has 1 unspecified atom stereocenters. The standard InChI is InChI=1S/C20H27N5O2/c1-2-6-17-16(13-22-23-17)20(26)25-12-8-15(14-25)27-18-7-5-9-21-19(18)24-10-3-4-11-24/h5,7,9,13,15H,2-4,6,8,10-12,14H2,1H3,(H,22,23). The highest BCUT2D eigenvalue weighted by Gasteiger charge is 2.31. The average Bonchev–Trinajstić information content (AvgIpc) is 3.44. The number of aromatic nitrogens is 3. The minimum Gasteiger partial charge on any atom is -0.485 e. The third kappa shape index (κ3) is 3.77. The molecular weight excluding hydrogens is 342 g/mol. The van der Waals surface area contributed by atoms with Crippen LogP contribution in [0.4, 0.5) is 5.82 Å². The third-order valence-electron chi connectivity index (χ3n) is 5.33. The second-order valence-electron chi connectivity index (χ2n) is 7.31. The van der Waals surface area contributed by atoms with Crippen molar-refractivity contribution >= 4 is 11.7 Å². The van der Waals surface area contributed by atoms with E-state index in [1.54, 1.807) is 6.20 Å². The van der Waals surface area contributed by atoms with E-state index in [0.29, 0.717) is 18.7 Å². The van der Waals surface area contributed by atoms with Crippen LogP contribution in [0.3, 0.4) is 0 Å². The molecule has 7 heteroatoms. The molecule has 1 atom stereocenters. The normalized spacial score (nSPS) is 19.7. The average molecular weight is 369 g/mol. The molecule has 2 aromatic rings. The van der Waals surface area contributed by atoms with Gasteiger partial charge in [0.2, 0.25) is 0 Å². The number of hydrogen-bond donors (Lipinski definition) is 1. The summed E-state index contributed by atoms with van der Waals surface area (Å²) in [6, 6.07) is 3.90. The molecule has 27 heavy (non-hydrogen) atoms. The van der Waals surface area contributed by atoms with E-state index in [2.05, 4.69) is 27.0 Å². The molecule has 2 aromatic heterocycles. The molecule has 1 N–H and O–H groups in total. The Morgan fingerprint density at radius 2 is 2.19 bits per heavy atom. The van der Waals surface area contributed by atoms with Gasteiger partial charge in [0.15, 0.2) is 11.6 Å². The van der Waals surface area contributed by atoms with Gasteiger partial charge in [0.05, 0.1) is 18.3 Å². The molecule has 0 aliphatic carbocycles. The lowest BCUT2D eigenvalue weighted by molar-refractivity contribution is 0.0771. The molecule has 0 saturated carbocycles. The van der Waals surface area contributed by atoms with Crippen LogP contribution in [-0.4, -0.2) is 58.3 Å². The minimum absolute atomic E-state index is 0.000953. The van der Waals surface area contributed by atoms with E-state index in [4.69, 9.17) is 4.74 Å². The molecular formula is C20H27N5O2. The first-order chi connectivity index (χ1) is 13.3. The van der Waals surface area contributed by atoms with Crippen LogP contribution >= 0.6 is 0 Å². The number of ether oxygens (including phenoxy) is 1. The summed E-state index contributed by atoms with van der Waals surface area (Å²) in [6.07, 6.45) is 8.52. The van der Waals surface area contributed by atoms with E-state index in [0.717, 1.165) is 49.6 Å². The van der Waals surface area contributed by atoms with Crippen LogP contribution < -0.4 is 9.64 Å². The Bertz CT molecular complexity index is 784. The van der Waals surface area contributed by atoms with E-state index < -0.39 is 0 Å². The number of pyridine rings is 1. The maximum absolute atomic E-state index is 12.9. The molecule has 1 amide bonds. The van der Waals surface area contributed by atoms with Crippen LogP contribution in [0.5, 0.6) is 5.75 Å². The van der Waals surface area contributed by atoms with Gasteiger partial charge in [-0.15, -0.1) is 0 Å². The number of carbonyl (C=O) groups excluding carboxylic acids is 1. The molecule has 4 heterocycles. The highest BCUT2D eigenvalue weighted by molar-refractivity contribution is 5.95. The highest BCUT2D eigenvalue weighted by atomic mass is 16.5. The lowest BCUT2D eigenvalue weighted by Crippen LogP contribution is -2.31. The van der Waals surface area contributed by atoms with Gasteiger partial charge in [0.25, 0.3) is 5.91 Å². The second kappa shape index (κ2) is 7.98. The van der Waals surface area contributed by atoms with Crippen LogP contribution in [0.1, 0.15) is 48.7 Å². The zero-order valence-electron chi connectivity index (χ0n) is 15.9. The van der Waals surface area contributed by atoms with E-state index in [9.17, 15) is 4.79 Å². The fourth-order valence-electron chi connectivity index (χ4n) is 3.94. The van der Waals surface area contributed by atoms with Crippen molar-refractivity contribution in [1.29, 1.82) is 0 Å². The van der Waals surface area contributed by atoms with Gasteiger partial charge in [-0.2, -0.15) is 5.10 Å². The summed E-state index contributed by atoms with van der Waals surface area (Å²) in [5, 5.41) is 7.02. The maximum atomic E-state index is 12.9. The Morgan fingerprint density at radius 1 is 1.33 bits per heavy atom. The summed E-state index contributed by atoms with van der Waals surface area (Å²) in [5.74, 6) is 1.80. The van der Waals surface area contributed by atoms with Crippen LogP contribution in [0.2, 0.25) is 0 Å². The van der Waals surface area contributed by atoms with E-state index >= 15 is 0 Å². The number of aromatic amines is 1. The van der Waals surface area contributed by atoms with Crippen molar-refractivity contribution in [2.24, 2.45) is 0 Å². The second-order valence-corrected chi connectivity index (χ2v) is 7.31. The minimum atomic E-state index is 0.000953. The summed E-state index contributed by atoms with van der Waals surface area (Å²) >= 11 is 0. The van der Waals surface area contributed by atoms with Crippen molar-refractivity contribution in [3.63, 3.8) is 0 Å². The Morgan fingerprint density at radius 3 is 3.00 bits per heavy atom. The van der Waals surface area contributed by atoms with Crippen LogP contribution in [-0.2, 0) is 6.42 Å². The molecule has 0 spiro atoms.